The third-order valence-corrected chi connectivity index (χ3v) is 13.7. The van der Waals surface area contributed by atoms with Crippen molar-refractivity contribution in [2.24, 2.45) is 29.1 Å². The summed E-state index contributed by atoms with van der Waals surface area (Å²) in [6, 6.07) is 6.20. The molecule has 1 heterocycles. The minimum absolute atomic E-state index is 0.0166. The van der Waals surface area contributed by atoms with Crippen LogP contribution in [0, 0.1) is 29.1 Å². The van der Waals surface area contributed by atoms with Gasteiger partial charge in [0.15, 0.2) is 0 Å². The molecule has 2 rings (SSSR count). The van der Waals surface area contributed by atoms with E-state index in [2.05, 4.69) is 21.3 Å². The molecule has 4 N–H and O–H groups in total. The molecule has 1 aliphatic heterocycles. The fourth-order valence-corrected chi connectivity index (χ4v) is 9.43. The highest BCUT2D eigenvalue weighted by Gasteiger charge is 2.44. The minimum Gasteiger partial charge on any atom is -0.465 e. The van der Waals surface area contributed by atoms with Crippen molar-refractivity contribution >= 4 is 41.6 Å². The number of likely N-dealkylation sites (N-methyl/N-ethyl adjacent to an activating group) is 2. The number of alkyl carbamates (subject to hydrolysis) is 1. The summed E-state index contributed by atoms with van der Waals surface area (Å²) >= 11 is 0. The first kappa shape index (κ1) is 63.3. The monoisotopic (exact) mass is 1020 g/mol. The van der Waals surface area contributed by atoms with Crippen molar-refractivity contribution < 1.29 is 52.5 Å². The third-order valence-electron chi connectivity index (χ3n) is 13.7. The number of carbonyl (C=O) groups excluding carboxylic acids is 7. The van der Waals surface area contributed by atoms with Crippen LogP contribution in [-0.2, 0) is 54.1 Å². The number of hydrogen-bond acceptors (Lipinski definition) is 12. The molecule has 1 fully saturated rings. The van der Waals surface area contributed by atoms with E-state index in [1.165, 1.54) is 7.11 Å². The molecule has 72 heavy (non-hydrogen) atoms. The van der Waals surface area contributed by atoms with Crippen molar-refractivity contribution in [1.82, 2.24) is 36.0 Å². The van der Waals surface area contributed by atoms with Crippen LogP contribution in [-0.4, -0.2) is 166 Å². The Balaban J connectivity index is 2.19. The number of hydrogen-bond donors (Lipinski definition) is 4. The average molecular weight is 1020 g/mol. The van der Waals surface area contributed by atoms with Crippen molar-refractivity contribution in [2.45, 2.75) is 176 Å². The Labute approximate surface area is 431 Å². The topological polar surface area (TPSA) is 214 Å². The number of rotatable bonds is 29. The van der Waals surface area contributed by atoms with Crippen molar-refractivity contribution in [1.29, 1.82) is 0 Å². The summed E-state index contributed by atoms with van der Waals surface area (Å²) in [5.41, 5.74) is -0.685. The SMILES string of the molecule is CC[C@H](C)[C@@H]([C@@H](CC(=O)N1CCC[C@H]1[C@H](OC)[C@@H](C)C(=O)N[C@@H](Cc1ccccc1)C(=O)NCCCOC(=O)C(C)(C)CCNC(=O)OC(C)(C)C)OC)N(C)C(=O)[C@@H](NC(=O)[C@H](C(C)C)N(C)C)C(C)C. The predicted octanol–water partition coefficient (Wildman–Crippen LogP) is 5.35. The molecule has 1 saturated heterocycles. The van der Waals surface area contributed by atoms with Gasteiger partial charge >= 0.3 is 12.1 Å². The van der Waals surface area contributed by atoms with Crippen LogP contribution in [0.15, 0.2) is 30.3 Å². The van der Waals surface area contributed by atoms with Gasteiger partial charge in [-0.1, -0.05) is 85.2 Å². The lowest BCUT2D eigenvalue weighted by Gasteiger charge is -2.41. The fourth-order valence-electron chi connectivity index (χ4n) is 9.43. The highest BCUT2D eigenvalue weighted by atomic mass is 16.6. The molecule has 18 nitrogen and oxygen atoms in total. The number of carbonyl (C=O) groups is 7. The van der Waals surface area contributed by atoms with Gasteiger partial charge < -0.3 is 50.0 Å². The molecule has 6 amide bonds. The Bertz CT molecular complexity index is 1880. The second-order valence-corrected chi connectivity index (χ2v) is 22.1. The number of benzene rings is 1. The Kier molecular flexibility index (Phi) is 26.2. The second kappa shape index (κ2) is 29.8. The maximum absolute atomic E-state index is 14.5. The molecule has 0 spiro atoms. The molecule has 1 aromatic carbocycles. The summed E-state index contributed by atoms with van der Waals surface area (Å²) in [7, 11) is 8.46. The number of esters is 1. The lowest BCUT2D eigenvalue weighted by atomic mass is 9.89. The zero-order valence-electron chi connectivity index (χ0n) is 46.8. The van der Waals surface area contributed by atoms with Gasteiger partial charge in [0.2, 0.25) is 29.5 Å². The molecule has 1 aliphatic rings. The standard InChI is InChI=1S/C54H93N7O11/c1-18-36(6)45(60(15)50(66)43(34(2)3)58-49(65)44(35(4)5)59(13)14)41(69-16)33-42(62)61-30-22-26-40(61)46(70-17)37(7)47(63)57-39(32-38-24-20-19-21-25-38)48(64)55-28-23-31-71-51(67)54(11,12)27-29-56-52(68)72-53(8,9)10/h19-21,24-25,34-37,39-41,43-46H,18,22-23,26-33H2,1-17H3,(H,55,64)(H,56,68)(H,57,63)(H,58,65)/t36-,37+,39-,40-,41+,43-,44-,45-,46+/m0/s1. The minimum atomic E-state index is -0.951. The first-order valence-electron chi connectivity index (χ1n) is 26.0. The van der Waals surface area contributed by atoms with E-state index in [0.717, 1.165) is 5.56 Å². The van der Waals surface area contributed by atoms with Crippen molar-refractivity contribution in [3.05, 3.63) is 35.9 Å². The maximum Gasteiger partial charge on any atom is 0.407 e. The van der Waals surface area contributed by atoms with Crippen LogP contribution in [0.5, 0.6) is 0 Å². The lowest BCUT2D eigenvalue weighted by Crippen LogP contribution is -2.59. The first-order chi connectivity index (χ1) is 33.6. The molecule has 0 aliphatic carbocycles. The molecule has 1 aromatic rings. The smallest absolute Gasteiger partial charge is 0.407 e. The van der Waals surface area contributed by atoms with Gasteiger partial charge in [-0.3, -0.25) is 33.7 Å². The Morgan fingerprint density at radius 1 is 0.806 bits per heavy atom. The largest absolute Gasteiger partial charge is 0.465 e. The second-order valence-electron chi connectivity index (χ2n) is 22.1. The van der Waals surface area contributed by atoms with Crippen LogP contribution in [0.4, 0.5) is 4.79 Å². The summed E-state index contributed by atoms with van der Waals surface area (Å²) in [6.07, 6.45) is 0.840. The molecule has 0 saturated carbocycles. The lowest BCUT2D eigenvalue weighted by molar-refractivity contribution is -0.154. The van der Waals surface area contributed by atoms with Crippen molar-refractivity contribution in [2.75, 3.05) is 61.6 Å². The summed E-state index contributed by atoms with van der Waals surface area (Å²) in [5, 5.41) is 11.6. The van der Waals surface area contributed by atoms with E-state index in [4.69, 9.17) is 18.9 Å². The van der Waals surface area contributed by atoms with Crippen molar-refractivity contribution in [3.63, 3.8) is 0 Å². The average Bonchev–Trinajstić information content (AvgIpc) is 3.78. The van der Waals surface area contributed by atoms with E-state index >= 15 is 0 Å². The highest BCUT2D eigenvalue weighted by Crippen LogP contribution is 2.30. The van der Waals surface area contributed by atoms with Crippen LogP contribution in [0.1, 0.15) is 127 Å². The van der Waals surface area contributed by atoms with Gasteiger partial charge in [-0.2, -0.15) is 0 Å². The van der Waals surface area contributed by atoms with E-state index in [1.54, 1.807) is 65.5 Å². The fraction of sp³-hybridized carbons (Fsp3) is 0.759. The summed E-state index contributed by atoms with van der Waals surface area (Å²) in [4.78, 5) is 101. The van der Waals surface area contributed by atoms with Gasteiger partial charge in [0, 0.05) is 47.3 Å². The molecule has 0 unspecified atom stereocenters. The quantitative estimate of drug-likeness (QED) is 0.0591. The van der Waals surface area contributed by atoms with Crippen LogP contribution < -0.4 is 21.3 Å². The highest BCUT2D eigenvalue weighted by molar-refractivity contribution is 5.91. The molecular formula is C54H93N7O11. The molecule has 18 heteroatoms. The molecular weight excluding hydrogens is 923 g/mol. The number of nitrogens with one attached hydrogen (secondary N) is 4. The third kappa shape index (κ3) is 19.6. The van der Waals surface area contributed by atoms with Gasteiger partial charge in [0.05, 0.1) is 54.7 Å². The van der Waals surface area contributed by atoms with Crippen LogP contribution in [0.2, 0.25) is 0 Å². The van der Waals surface area contributed by atoms with E-state index in [-0.39, 0.29) is 68.0 Å². The Morgan fingerprint density at radius 2 is 1.44 bits per heavy atom. The van der Waals surface area contributed by atoms with Crippen molar-refractivity contribution in [3.8, 4) is 0 Å². The summed E-state index contributed by atoms with van der Waals surface area (Å²) in [5.74, 6) is -3.00. The molecule has 0 bridgehead atoms. The zero-order valence-corrected chi connectivity index (χ0v) is 46.8. The number of amides is 6. The normalized spacial score (nSPS) is 17.5. The molecule has 0 radical (unpaired) electrons. The number of methoxy groups -OCH3 is 2. The summed E-state index contributed by atoms with van der Waals surface area (Å²) in [6.45, 7) is 23.2. The summed E-state index contributed by atoms with van der Waals surface area (Å²) < 4.78 is 22.9. The zero-order chi connectivity index (χ0) is 54.7. The number of nitrogens with zero attached hydrogens (tertiary/aromatic N) is 3. The number of ether oxygens (including phenoxy) is 4. The molecule has 410 valence electrons. The van der Waals surface area contributed by atoms with Crippen LogP contribution in [0.25, 0.3) is 0 Å². The maximum atomic E-state index is 14.5. The predicted molar refractivity (Wildman–Crippen MR) is 279 cm³/mol. The van der Waals surface area contributed by atoms with Crippen LogP contribution >= 0.6 is 0 Å². The van der Waals surface area contributed by atoms with E-state index in [1.807, 2.05) is 90.9 Å². The molecule has 0 aromatic heterocycles. The first-order valence-corrected chi connectivity index (χ1v) is 26.0. The van der Waals surface area contributed by atoms with E-state index < -0.39 is 83.2 Å². The molecule has 9 atom stereocenters. The van der Waals surface area contributed by atoms with E-state index in [0.29, 0.717) is 38.6 Å². The Hall–Kier alpha value is -4.81. The number of likely N-dealkylation sites (tertiary alicyclic amines) is 1. The van der Waals surface area contributed by atoms with Gasteiger partial charge in [0.25, 0.3) is 0 Å². The van der Waals surface area contributed by atoms with Gasteiger partial charge in [-0.15, -0.1) is 0 Å². The van der Waals surface area contributed by atoms with Gasteiger partial charge in [-0.25, -0.2) is 4.79 Å². The van der Waals surface area contributed by atoms with Crippen LogP contribution in [0.3, 0.4) is 0 Å². The van der Waals surface area contributed by atoms with Gasteiger partial charge in [-0.05, 0) is 97.7 Å². The Morgan fingerprint density at radius 3 is 1.99 bits per heavy atom. The van der Waals surface area contributed by atoms with E-state index in [9.17, 15) is 33.6 Å². The van der Waals surface area contributed by atoms with Gasteiger partial charge in [0.1, 0.15) is 17.7 Å².